The van der Waals surface area contributed by atoms with Gasteiger partial charge in [0, 0.05) is 6.54 Å². The molecule has 0 radical (unpaired) electrons. The molecule has 1 atom stereocenters. The minimum Gasteiger partial charge on any atom is -1.00 e. The Balaban J connectivity index is -0.000000500. The van der Waals surface area contributed by atoms with Crippen LogP contribution in [0.1, 0.15) is 1.43 Å². The Hall–Kier alpha value is 1.02. The van der Waals surface area contributed by atoms with Crippen LogP contribution in [0.3, 0.4) is 0 Å². The molecule has 0 heterocycles. The van der Waals surface area contributed by atoms with Gasteiger partial charge >= 0.3 is 46.1 Å². The van der Waals surface area contributed by atoms with E-state index < -0.39 is 23.1 Å². The van der Waals surface area contributed by atoms with E-state index in [4.69, 9.17) is 15.2 Å². The number of rotatable bonds is 4. The fourth-order valence-corrected chi connectivity index (χ4v) is 1.33. The molecule has 10 heteroatoms. The van der Waals surface area contributed by atoms with Crippen LogP contribution < -0.4 is 35.3 Å². The monoisotopic (exact) mass is 229 g/mol. The van der Waals surface area contributed by atoms with Gasteiger partial charge in [-0.15, -0.1) is 0 Å². The van der Waals surface area contributed by atoms with Crippen LogP contribution in [-0.4, -0.2) is 31.0 Å². The van der Waals surface area contributed by atoms with Crippen molar-refractivity contribution in [1.82, 2.24) is 0 Å². The Morgan fingerprint density at radius 3 is 2.25 bits per heavy atom. The maximum atomic E-state index is 10.4. The van der Waals surface area contributed by atoms with Crippen molar-refractivity contribution in [3.8, 4) is 0 Å². The van der Waals surface area contributed by atoms with E-state index >= 15 is 0 Å². The van der Waals surface area contributed by atoms with Crippen LogP contribution in [0.2, 0.25) is 0 Å². The summed E-state index contributed by atoms with van der Waals surface area (Å²) in [6, 6.07) is 0. The predicted molar refractivity (Wildman–Crippen MR) is 37.5 cm³/mol. The van der Waals surface area contributed by atoms with Gasteiger partial charge in [-0.25, -0.2) is 4.57 Å². The zero-order valence-electron chi connectivity index (χ0n) is 7.37. The second-order valence-electron chi connectivity index (χ2n) is 1.54. The Morgan fingerprint density at radius 2 is 2.00 bits per heavy atom. The molecule has 70 valence electrons. The fraction of sp³-hybridized carbons (Fsp3) is 1.00. The second kappa shape index (κ2) is 5.69. The number of hydrogen-bond acceptors (Lipinski definition) is 5. The second-order valence-corrected chi connectivity index (χ2v) is 6.40. The smallest absolute Gasteiger partial charge is 1.00 e. The molecule has 7 nitrogen and oxygen atoms in total. The standard InChI is InChI=1S/C2H8NO6PS.Na.H/c3-1-2-9-10(4,5)11(6,7)8;;/h1-3H2,(H,4,5)(H,6,7,8);;/q;+1;-1. The maximum absolute atomic E-state index is 10.4. The molecule has 0 fully saturated rings. The van der Waals surface area contributed by atoms with Gasteiger partial charge in [0.25, 0.3) is 0 Å². The van der Waals surface area contributed by atoms with Gasteiger partial charge in [0.05, 0.1) is 6.61 Å². The maximum Gasteiger partial charge on any atom is 1.00 e. The van der Waals surface area contributed by atoms with E-state index in [1.54, 1.807) is 0 Å². The van der Waals surface area contributed by atoms with Crippen molar-refractivity contribution < 1.29 is 57.9 Å². The van der Waals surface area contributed by atoms with Gasteiger partial charge in [-0.3, -0.25) is 9.08 Å². The van der Waals surface area contributed by atoms with Gasteiger partial charge in [0.2, 0.25) is 0 Å². The molecule has 0 saturated heterocycles. The Bertz CT molecular complexity index is 268. The van der Waals surface area contributed by atoms with Crippen LogP contribution in [0.25, 0.3) is 0 Å². The fourth-order valence-electron chi connectivity index (χ4n) is 0.235. The van der Waals surface area contributed by atoms with Crippen molar-refractivity contribution >= 4 is 16.5 Å². The first kappa shape index (κ1) is 15.5. The molecule has 0 aliphatic rings. The van der Waals surface area contributed by atoms with E-state index in [1.807, 2.05) is 0 Å². The molecule has 4 N–H and O–H groups in total. The van der Waals surface area contributed by atoms with Crippen LogP contribution in [0.5, 0.6) is 0 Å². The molecule has 0 rings (SSSR count). The van der Waals surface area contributed by atoms with E-state index in [-0.39, 0.29) is 37.5 Å². The molecule has 0 bridgehead atoms. The van der Waals surface area contributed by atoms with Crippen LogP contribution in [0, 0.1) is 0 Å². The normalized spacial score (nSPS) is 16.2. The Kier molecular flexibility index (Phi) is 7.34. The molecule has 0 spiro atoms. The van der Waals surface area contributed by atoms with E-state index in [0.717, 1.165) is 0 Å². The first-order chi connectivity index (χ1) is 4.81. The van der Waals surface area contributed by atoms with Crippen molar-refractivity contribution in [2.24, 2.45) is 5.73 Å². The Morgan fingerprint density at radius 1 is 1.58 bits per heavy atom. The van der Waals surface area contributed by atoms with Gasteiger partial charge in [0.1, 0.15) is 0 Å². The van der Waals surface area contributed by atoms with E-state index in [9.17, 15) is 13.0 Å². The summed E-state index contributed by atoms with van der Waals surface area (Å²) >= 11 is 0. The average Bonchev–Trinajstić information content (AvgIpc) is 1.81. The molecular formula is C2H9NNaO6PS. The zero-order valence-corrected chi connectivity index (χ0v) is 10.1. The third-order valence-electron chi connectivity index (χ3n) is 0.664. The van der Waals surface area contributed by atoms with Gasteiger partial charge in [0.15, 0.2) is 0 Å². The molecule has 1 unspecified atom stereocenters. The summed E-state index contributed by atoms with van der Waals surface area (Å²) in [6.45, 7) is -5.47. The molecule has 0 aliphatic carbocycles. The molecule has 0 amide bonds. The molecular weight excluding hydrogens is 220 g/mol. The number of hydrogen-bond donors (Lipinski definition) is 3. The minimum absolute atomic E-state index is 0. The SMILES string of the molecule is NCCOP(=O)(O)S(=O)(=O)O.[H-].[Na+]. The quantitative estimate of drug-likeness (QED) is 0.255. The molecule has 0 aliphatic heterocycles. The molecule has 0 saturated carbocycles. The zero-order chi connectivity index (χ0) is 9.12. The van der Waals surface area contributed by atoms with Gasteiger partial charge in [-0.2, -0.15) is 8.42 Å². The van der Waals surface area contributed by atoms with Crippen molar-refractivity contribution in [2.45, 2.75) is 0 Å². The molecule has 0 aromatic carbocycles. The van der Waals surface area contributed by atoms with Gasteiger partial charge in [-0.05, 0) is 0 Å². The summed E-state index contributed by atoms with van der Waals surface area (Å²) in [5, 5.41) is 0. The van der Waals surface area contributed by atoms with Gasteiger partial charge < -0.3 is 12.1 Å². The largest absolute Gasteiger partial charge is 1.00 e. The Labute approximate surface area is 93.1 Å². The molecule has 12 heavy (non-hydrogen) atoms. The van der Waals surface area contributed by atoms with Crippen molar-refractivity contribution in [3.05, 3.63) is 0 Å². The summed E-state index contributed by atoms with van der Waals surface area (Å²) in [5.41, 5.74) is 4.85. The van der Waals surface area contributed by atoms with Crippen molar-refractivity contribution in [3.63, 3.8) is 0 Å². The summed E-state index contributed by atoms with van der Waals surface area (Å²) in [6.07, 6.45) is 0. The first-order valence-electron chi connectivity index (χ1n) is 2.46. The van der Waals surface area contributed by atoms with Crippen LogP contribution >= 0.6 is 6.80 Å². The third-order valence-corrected chi connectivity index (χ3v) is 3.82. The summed E-state index contributed by atoms with van der Waals surface area (Å²) in [5.74, 6) is 0. The van der Waals surface area contributed by atoms with Gasteiger partial charge in [-0.1, -0.05) is 0 Å². The summed E-state index contributed by atoms with van der Waals surface area (Å²) in [7, 11) is -5.04. The minimum atomic E-state index is -5.04. The van der Waals surface area contributed by atoms with Crippen LogP contribution in [0.15, 0.2) is 0 Å². The molecule has 0 aromatic rings. The summed E-state index contributed by atoms with van der Waals surface area (Å²) in [4.78, 5) is 8.42. The van der Waals surface area contributed by atoms with E-state index in [2.05, 4.69) is 4.52 Å². The average molecular weight is 229 g/mol. The topological polar surface area (TPSA) is 127 Å². The third kappa shape index (κ3) is 4.90. The van der Waals surface area contributed by atoms with Crippen molar-refractivity contribution in [1.29, 1.82) is 0 Å². The van der Waals surface area contributed by atoms with Crippen LogP contribution in [0.4, 0.5) is 0 Å². The van der Waals surface area contributed by atoms with E-state index in [1.165, 1.54) is 0 Å². The first-order valence-corrected chi connectivity index (χ1v) is 6.08. The molecule has 0 aromatic heterocycles. The van der Waals surface area contributed by atoms with E-state index in [0.29, 0.717) is 0 Å². The summed E-state index contributed by atoms with van der Waals surface area (Å²) < 4.78 is 42.5. The number of nitrogens with two attached hydrogens (primary N) is 1. The predicted octanol–water partition coefficient (Wildman–Crippen LogP) is -3.93. The van der Waals surface area contributed by atoms with Crippen LogP contribution in [-0.2, 0) is 18.8 Å². The van der Waals surface area contributed by atoms with Crippen molar-refractivity contribution in [2.75, 3.05) is 13.2 Å².